The number of halogens is 1. The maximum Gasteiger partial charge on any atom is 0.239 e. The van der Waals surface area contributed by atoms with Gasteiger partial charge in [0, 0.05) is 19.0 Å². The summed E-state index contributed by atoms with van der Waals surface area (Å²) in [5.41, 5.74) is 8.32. The van der Waals surface area contributed by atoms with Gasteiger partial charge in [-0.05, 0) is 23.5 Å². The molecule has 0 radical (unpaired) electrons. The molecule has 2 amide bonds. The molecule has 1 atom stereocenters. The van der Waals surface area contributed by atoms with E-state index in [9.17, 15) is 9.59 Å². The van der Waals surface area contributed by atoms with Gasteiger partial charge in [-0.3, -0.25) is 9.59 Å². The van der Waals surface area contributed by atoms with Gasteiger partial charge in [0.1, 0.15) is 0 Å². The van der Waals surface area contributed by atoms with E-state index >= 15 is 0 Å². The van der Waals surface area contributed by atoms with E-state index in [4.69, 9.17) is 5.73 Å². The second kappa shape index (κ2) is 11.0. The summed E-state index contributed by atoms with van der Waals surface area (Å²) in [4.78, 5) is 22.9. The van der Waals surface area contributed by atoms with Gasteiger partial charge >= 0.3 is 0 Å². The van der Waals surface area contributed by atoms with Crippen LogP contribution in [0.5, 0.6) is 0 Å². The van der Waals surface area contributed by atoms with Crippen molar-refractivity contribution in [3.8, 4) is 0 Å². The van der Waals surface area contributed by atoms with Gasteiger partial charge in [-0.15, -0.1) is 12.4 Å². The summed E-state index contributed by atoms with van der Waals surface area (Å²) in [6.45, 7) is 6.55. The molecule has 130 valence electrons. The molecule has 0 fully saturated rings. The maximum atomic E-state index is 11.6. The normalized spacial score (nSPS) is 11.5. The first-order valence-corrected chi connectivity index (χ1v) is 7.82. The van der Waals surface area contributed by atoms with Crippen LogP contribution in [0.1, 0.15) is 56.7 Å². The second-order valence-electron chi connectivity index (χ2n) is 5.76. The second-order valence-corrected chi connectivity index (χ2v) is 5.76. The van der Waals surface area contributed by atoms with Crippen molar-refractivity contribution in [1.82, 2.24) is 10.6 Å². The van der Waals surface area contributed by atoms with Crippen molar-refractivity contribution < 1.29 is 9.59 Å². The zero-order chi connectivity index (χ0) is 16.5. The Morgan fingerprint density at radius 1 is 1.04 bits per heavy atom. The minimum Gasteiger partial charge on any atom is -0.353 e. The summed E-state index contributed by atoms with van der Waals surface area (Å²) in [6, 6.07) is 7.86. The Bertz CT molecular complexity index is 489. The van der Waals surface area contributed by atoms with Crippen molar-refractivity contribution in [3.63, 3.8) is 0 Å². The molecule has 1 unspecified atom stereocenters. The van der Waals surface area contributed by atoms with Crippen molar-refractivity contribution >= 4 is 24.2 Å². The zero-order valence-corrected chi connectivity index (χ0v) is 14.9. The lowest BCUT2D eigenvalue weighted by molar-refractivity contribution is -0.126. The van der Waals surface area contributed by atoms with Crippen LogP contribution in [0.15, 0.2) is 24.3 Å². The molecular weight excluding hydrogens is 314 g/mol. The molecule has 6 heteroatoms. The fourth-order valence-electron chi connectivity index (χ4n) is 2.03. The standard InChI is InChI=1S/C17H27N3O2.ClH/c1-4-5-16(21)20-11-17(22)19-10-15(18)14-8-6-13(7-9-14)12(2)3;/h6-9,12,15H,4-5,10-11,18H2,1-3H3,(H,19,22)(H,20,21);1H. The first-order chi connectivity index (χ1) is 10.4. The van der Waals surface area contributed by atoms with Crippen molar-refractivity contribution in [2.24, 2.45) is 5.73 Å². The van der Waals surface area contributed by atoms with Crippen LogP contribution in [-0.2, 0) is 9.59 Å². The lowest BCUT2D eigenvalue weighted by atomic mass is 9.99. The molecular formula is C17H28ClN3O2. The fourth-order valence-corrected chi connectivity index (χ4v) is 2.03. The monoisotopic (exact) mass is 341 g/mol. The first-order valence-electron chi connectivity index (χ1n) is 7.82. The molecule has 0 saturated heterocycles. The number of benzene rings is 1. The molecule has 1 aromatic carbocycles. The summed E-state index contributed by atoms with van der Waals surface area (Å²) in [5, 5.41) is 5.31. The fraction of sp³-hybridized carbons (Fsp3) is 0.529. The average molecular weight is 342 g/mol. The predicted octanol–water partition coefficient (Wildman–Crippen LogP) is 2.26. The molecule has 23 heavy (non-hydrogen) atoms. The molecule has 1 rings (SSSR count). The Labute approximate surface area is 144 Å². The van der Waals surface area contributed by atoms with Crippen LogP contribution in [-0.4, -0.2) is 24.9 Å². The predicted molar refractivity (Wildman–Crippen MR) is 95.6 cm³/mol. The SMILES string of the molecule is CCCC(=O)NCC(=O)NCC(N)c1ccc(C(C)C)cc1.Cl. The molecule has 0 spiro atoms. The van der Waals surface area contributed by atoms with Crippen LogP contribution in [0.25, 0.3) is 0 Å². The minimum absolute atomic E-state index is 0. The van der Waals surface area contributed by atoms with Gasteiger partial charge in [-0.2, -0.15) is 0 Å². The molecule has 1 aromatic rings. The lowest BCUT2D eigenvalue weighted by Gasteiger charge is -2.15. The van der Waals surface area contributed by atoms with Gasteiger partial charge in [0.05, 0.1) is 6.54 Å². The third-order valence-corrected chi connectivity index (χ3v) is 3.47. The number of carbonyl (C=O) groups excluding carboxylic acids is 2. The van der Waals surface area contributed by atoms with Crippen LogP contribution in [0, 0.1) is 0 Å². The molecule has 5 nitrogen and oxygen atoms in total. The van der Waals surface area contributed by atoms with E-state index in [0.717, 1.165) is 12.0 Å². The molecule has 4 N–H and O–H groups in total. The molecule has 0 aliphatic rings. The van der Waals surface area contributed by atoms with E-state index in [2.05, 4.69) is 36.6 Å². The van der Waals surface area contributed by atoms with Gasteiger partial charge in [0.25, 0.3) is 0 Å². The Morgan fingerprint density at radius 3 is 2.13 bits per heavy atom. The van der Waals surface area contributed by atoms with Crippen LogP contribution < -0.4 is 16.4 Å². The Morgan fingerprint density at radius 2 is 1.61 bits per heavy atom. The maximum absolute atomic E-state index is 11.6. The summed E-state index contributed by atoms with van der Waals surface area (Å²) >= 11 is 0. The molecule has 0 aromatic heterocycles. The number of amides is 2. The van der Waals surface area contributed by atoms with Crippen LogP contribution in [0.4, 0.5) is 0 Å². The Kier molecular flexibility index (Phi) is 10.3. The summed E-state index contributed by atoms with van der Waals surface area (Å²) in [7, 11) is 0. The van der Waals surface area contributed by atoms with Crippen molar-refractivity contribution in [2.75, 3.05) is 13.1 Å². The molecule has 0 aliphatic carbocycles. The Balaban J connectivity index is 0.00000484. The highest BCUT2D eigenvalue weighted by Crippen LogP contribution is 2.17. The summed E-state index contributed by atoms with van der Waals surface area (Å²) in [5.74, 6) is 0.154. The van der Waals surface area contributed by atoms with Gasteiger partial charge in [0.15, 0.2) is 0 Å². The zero-order valence-electron chi connectivity index (χ0n) is 14.1. The third-order valence-electron chi connectivity index (χ3n) is 3.47. The molecule has 0 saturated carbocycles. The van der Waals surface area contributed by atoms with E-state index in [1.54, 1.807) is 0 Å². The topological polar surface area (TPSA) is 84.2 Å². The quantitative estimate of drug-likeness (QED) is 0.678. The molecule has 0 heterocycles. The summed E-state index contributed by atoms with van der Waals surface area (Å²) in [6.07, 6.45) is 1.21. The summed E-state index contributed by atoms with van der Waals surface area (Å²) < 4.78 is 0. The Hall–Kier alpha value is -1.59. The number of nitrogens with two attached hydrogens (primary N) is 1. The van der Waals surface area contributed by atoms with E-state index in [1.807, 2.05) is 19.1 Å². The third kappa shape index (κ3) is 8.00. The van der Waals surface area contributed by atoms with Crippen LogP contribution in [0.2, 0.25) is 0 Å². The van der Waals surface area contributed by atoms with Gasteiger partial charge in [-0.25, -0.2) is 0 Å². The first kappa shape index (κ1) is 21.4. The smallest absolute Gasteiger partial charge is 0.239 e. The van der Waals surface area contributed by atoms with Crippen LogP contribution in [0.3, 0.4) is 0 Å². The minimum atomic E-state index is -0.253. The number of hydrogen-bond acceptors (Lipinski definition) is 3. The lowest BCUT2D eigenvalue weighted by Crippen LogP contribution is -2.39. The van der Waals surface area contributed by atoms with Crippen molar-refractivity contribution in [1.29, 1.82) is 0 Å². The molecule has 0 bridgehead atoms. The van der Waals surface area contributed by atoms with Crippen LogP contribution >= 0.6 is 12.4 Å². The van der Waals surface area contributed by atoms with E-state index < -0.39 is 0 Å². The number of nitrogens with one attached hydrogen (secondary N) is 2. The largest absolute Gasteiger partial charge is 0.353 e. The van der Waals surface area contributed by atoms with E-state index in [-0.39, 0.29) is 36.8 Å². The van der Waals surface area contributed by atoms with Gasteiger partial charge < -0.3 is 16.4 Å². The van der Waals surface area contributed by atoms with Gasteiger partial charge in [0.2, 0.25) is 11.8 Å². The van der Waals surface area contributed by atoms with E-state index in [0.29, 0.717) is 18.9 Å². The number of carbonyl (C=O) groups is 2. The number of hydrogen-bond donors (Lipinski definition) is 3. The highest BCUT2D eigenvalue weighted by molar-refractivity contribution is 5.85. The van der Waals surface area contributed by atoms with E-state index in [1.165, 1.54) is 5.56 Å². The van der Waals surface area contributed by atoms with Crippen molar-refractivity contribution in [3.05, 3.63) is 35.4 Å². The molecule has 0 aliphatic heterocycles. The van der Waals surface area contributed by atoms with Gasteiger partial charge in [-0.1, -0.05) is 45.0 Å². The van der Waals surface area contributed by atoms with Crippen molar-refractivity contribution in [2.45, 2.75) is 45.6 Å². The highest BCUT2D eigenvalue weighted by atomic mass is 35.5. The average Bonchev–Trinajstić information content (AvgIpc) is 2.51. The number of rotatable bonds is 8. The highest BCUT2D eigenvalue weighted by Gasteiger charge is 2.09.